The van der Waals surface area contributed by atoms with Gasteiger partial charge in [-0.15, -0.1) is 0 Å². The minimum atomic E-state index is -0.243. The van der Waals surface area contributed by atoms with E-state index in [1.807, 2.05) is 48.4 Å². The number of hydrogen-bond donors (Lipinski definition) is 0. The number of amides is 2. The number of carbonyl (C=O) groups excluding carboxylic acids is 2. The van der Waals surface area contributed by atoms with E-state index >= 15 is 0 Å². The van der Waals surface area contributed by atoms with Gasteiger partial charge in [-0.25, -0.2) is 0 Å². The predicted octanol–water partition coefficient (Wildman–Crippen LogP) is 3.36. The Kier molecular flexibility index (Phi) is 5.76. The molecule has 3 heterocycles. The number of hydrogen-bond acceptors (Lipinski definition) is 4. The van der Waals surface area contributed by atoms with Crippen LogP contribution in [0.25, 0.3) is 0 Å². The molecule has 0 bridgehead atoms. The zero-order valence-electron chi connectivity index (χ0n) is 18.8. The zero-order valence-corrected chi connectivity index (χ0v) is 18.8. The first kappa shape index (κ1) is 21.2. The first-order valence-electron chi connectivity index (χ1n) is 11.9. The summed E-state index contributed by atoms with van der Waals surface area (Å²) < 4.78 is 8.11. The van der Waals surface area contributed by atoms with Crippen molar-refractivity contribution in [1.29, 1.82) is 0 Å². The van der Waals surface area contributed by atoms with Crippen LogP contribution in [0.3, 0.4) is 0 Å². The Morgan fingerprint density at radius 2 is 1.84 bits per heavy atom. The van der Waals surface area contributed by atoms with Gasteiger partial charge in [-0.1, -0.05) is 18.2 Å². The number of ether oxygens (including phenoxy) is 1. The van der Waals surface area contributed by atoms with Crippen LogP contribution in [0, 0.1) is 0 Å². The van der Waals surface area contributed by atoms with Crippen LogP contribution < -0.4 is 0 Å². The van der Waals surface area contributed by atoms with Crippen LogP contribution in [0.5, 0.6) is 0 Å². The molecule has 2 aromatic rings. The monoisotopic (exact) mass is 436 g/mol. The van der Waals surface area contributed by atoms with Crippen LogP contribution in [0.1, 0.15) is 66.3 Å². The van der Waals surface area contributed by atoms with Gasteiger partial charge >= 0.3 is 0 Å². The van der Waals surface area contributed by atoms with Gasteiger partial charge < -0.3 is 14.5 Å². The maximum absolute atomic E-state index is 13.3. The van der Waals surface area contributed by atoms with Gasteiger partial charge in [0, 0.05) is 50.1 Å². The standard InChI is InChI=1S/C25H32N4O3/c1-2-28-14-10-22(26-28)24(31)27-15-12-25(13-16-27)18-21(11-17-32-25)29(20-8-9-20)23(30)19-6-4-3-5-7-19/h3-7,10,14,20-21H,2,8-9,11-13,15-18H2,1H3. The molecule has 2 saturated heterocycles. The van der Waals surface area contributed by atoms with Crippen LogP contribution in [0.15, 0.2) is 42.6 Å². The quantitative estimate of drug-likeness (QED) is 0.721. The van der Waals surface area contributed by atoms with E-state index < -0.39 is 0 Å². The Morgan fingerprint density at radius 3 is 2.50 bits per heavy atom. The molecule has 0 N–H and O–H groups in total. The Bertz CT molecular complexity index is 961. The number of aromatic nitrogens is 2. The molecule has 3 fully saturated rings. The van der Waals surface area contributed by atoms with Crippen LogP contribution in [0.2, 0.25) is 0 Å². The molecule has 7 heteroatoms. The maximum Gasteiger partial charge on any atom is 0.274 e. The number of carbonyl (C=O) groups is 2. The largest absolute Gasteiger partial charge is 0.375 e. The topological polar surface area (TPSA) is 67.7 Å². The third-order valence-corrected chi connectivity index (χ3v) is 7.20. The number of piperidine rings is 1. The summed E-state index contributed by atoms with van der Waals surface area (Å²) in [5.41, 5.74) is 1.04. The van der Waals surface area contributed by atoms with E-state index in [-0.39, 0.29) is 23.5 Å². The van der Waals surface area contributed by atoms with Gasteiger partial charge in [0.2, 0.25) is 0 Å². The first-order valence-corrected chi connectivity index (χ1v) is 11.9. The fraction of sp³-hybridized carbons (Fsp3) is 0.560. The maximum atomic E-state index is 13.3. The molecule has 0 radical (unpaired) electrons. The molecule has 170 valence electrons. The van der Waals surface area contributed by atoms with Gasteiger partial charge in [-0.05, 0) is 63.6 Å². The molecule has 3 aliphatic rings. The normalized spacial score (nSPS) is 22.7. The van der Waals surface area contributed by atoms with Crippen molar-refractivity contribution in [2.24, 2.45) is 0 Å². The lowest BCUT2D eigenvalue weighted by Crippen LogP contribution is -2.55. The van der Waals surface area contributed by atoms with E-state index in [0.29, 0.717) is 31.4 Å². The molecule has 1 spiro atoms. The summed E-state index contributed by atoms with van der Waals surface area (Å²) in [6.07, 6.45) is 7.39. The van der Waals surface area contributed by atoms with E-state index in [4.69, 9.17) is 4.74 Å². The van der Waals surface area contributed by atoms with E-state index in [1.54, 1.807) is 10.7 Å². The van der Waals surface area contributed by atoms with Crippen LogP contribution in [0.4, 0.5) is 0 Å². The van der Waals surface area contributed by atoms with Crippen molar-refractivity contribution in [1.82, 2.24) is 19.6 Å². The molecule has 2 amide bonds. The van der Waals surface area contributed by atoms with E-state index in [0.717, 1.165) is 50.6 Å². The summed E-state index contributed by atoms with van der Waals surface area (Å²) in [4.78, 5) is 30.3. The molecule has 1 unspecified atom stereocenters. The van der Waals surface area contributed by atoms with Crippen molar-refractivity contribution in [3.8, 4) is 0 Å². The SMILES string of the molecule is CCn1ccc(C(=O)N2CCC3(CC2)CC(N(C(=O)c2ccccc2)C2CC2)CCO3)n1. The fourth-order valence-electron chi connectivity index (χ4n) is 5.23. The number of likely N-dealkylation sites (tertiary alicyclic amines) is 1. The summed E-state index contributed by atoms with van der Waals surface area (Å²) in [5, 5.41) is 4.37. The molecular weight excluding hydrogens is 404 g/mol. The van der Waals surface area contributed by atoms with E-state index in [9.17, 15) is 9.59 Å². The minimum absolute atomic E-state index is 0.00160. The van der Waals surface area contributed by atoms with Gasteiger partial charge in [0.25, 0.3) is 11.8 Å². The average molecular weight is 437 g/mol. The highest BCUT2D eigenvalue weighted by molar-refractivity contribution is 5.95. The molecule has 32 heavy (non-hydrogen) atoms. The summed E-state index contributed by atoms with van der Waals surface area (Å²) in [6, 6.07) is 12.0. The molecular formula is C25H32N4O3. The van der Waals surface area contributed by atoms with Crippen molar-refractivity contribution in [2.45, 2.75) is 69.7 Å². The molecule has 7 nitrogen and oxygen atoms in total. The number of rotatable bonds is 5. The fourth-order valence-corrected chi connectivity index (χ4v) is 5.23. The van der Waals surface area contributed by atoms with Crippen molar-refractivity contribution in [3.05, 3.63) is 53.9 Å². The van der Waals surface area contributed by atoms with E-state index in [2.05, 4.69) is 10.00 Å². The van der Waals surface area contributed by atoms with Gasteiger partial charge in [-0.3, -0.25) is 14.3 Å². The van der Waals surface area contributed by atoms with Crippen LogP contribution in [-0.4, -0.2) is 68.8 Å². The van der Waals surface area contributed by atoms with Crippen LogP contribution >= 0.6 is 0 Å². The number of benzene rings is 1. The molecule has 1 aromatic carbocycles. The Hall–Kier alpha value is -2.67. The van der Waals surface area contributed by atoms with Crippen molar-refractivity contribution < 1.29 is 14.3 Å². The third kappa shape index (κ3) is 4.18. The van der Waals surface area contributed by atoms with Gasteiger partial charge in [0.15, 0.2) is 0 Å². The Morgan fingerprint density at radius 1 is 1.09 bits per heavy atom. The first-order chi connectivity index (χ1) is 15.6. The molecule has 1 saturated carbocycles. The highest BCUT2D eigenvalue weighted by Crippen LogP contribution is 2.40. The smallest absolute Gasteiger partial charge is 0.274 e. The highest BCUT2D eigenvalue weighted by atomic mass is 16.5. The second-order valence-corrected chi connectivity index (χ2v) is 9.34. The Balaban J connectivity index is 1.25. The second kappa shape index (κ2) is 8.70. The van der Waals surface area contributed by atoms with Gasteiger partial charge in [0.1, 0.15) is 5.69 Å². The zero-order chi connectivity index (χ0) is 22.1. The third-order valence-electron chi connectivity index (χ3n) is 7.20. The summed E-state index contributed by atoms with van der Waals surface area (Å²) in [5.74, 6) is 0.146. The lowest BCUT2D eigenvalue weighted by molar-refractivity contribution is -0.126. The molecule has 1 atom stereocenters. The van der Waals surface area contributed by atoms with Gasteiger partial charge in [-0.2, -0.15) is 5.10 Å². The summed E-state index contributed by atoms with van der Waals surface area (Å²) in [7, 11) is 0. The molecule has 1 aromatic heterocycles. The minimum Gasteiger partial charge on any atom is -0.375 e. The lowest BCUT2D eigenvalue weighted by Gasteiger charge is -2.48. The molecule has 2 aliphatic heterocycles. The lowest BCUT2D eigenvalue weighted by atomic mass is 9.81. The van der Waals surface area contributed by atoms with Crippen LogP contribution in [-0.2, 0) is 11.3 Å². The predicted molar refractivity (Wildman–Crippen MR) is 120 cm³/mol. The van der Waals surface area contributed by atoms with Crippen molar-refractivity contribution >= 4 is 11.8 Å². The average Bonchev–Trinajstić information content (AvgIpc) is 3.54. The van der Waals surface area contributed by atoms with Crippen molar-refractivity contribution in [3.63, 3.8) is 0 Å². The molecule has 1 aliphatic carbocycles. The number of nitrogens with zero attached hydrogens (tertiary/aromatic N) is 4. The second-order valence-electron chi connectivity index (χ2n) is 9.34. The van der Waals surface area contributed by atoms with Gasteiger partial charge in [0.05, 0.1) is 5.60 Å². The number of aryl methyl sites for hydroxylation is 1. The van der Waals surface area contributed by atoms with Crippen molar-refractivity contribution in [2.75, 3.05) is 19.7 Å². The highest BCUT2D eigenvalue weighted by Gasteiger charge is 2.46. The molecule has 5 rings (SSSR count). The summed E-state index contributed by atoms with van der Waals surface area (Å²) >= 11 is 0. The summed E-state index contributed by atoms with van der Waals surface area (Å²) in [6.45, 7) is 4.77. The van der Waals surface area contributed by atoms with E-state index in [1.165, 1.54) is 0 Å². The Labute approximate surface area is 189 Å².